The van der Waals surface area contributed by atoms with E-state index in [9.17, 15) is 4.79 Å². The fourth-order valence-electron chi connectivity index (χ4n) is 0.783. The van der Waals surface area contributed by atoms with Gasteiger partial charge in [0.15, 0.2) is 5.91 Å². The molecule has 1 saturated heterocycles. The van der Waals surface area contributed by atoms with Crippen LogP contribution in [0.15, 0.2) is 0 Å². The zero-order valence-electron chi connectivity index (χ0n) is 4.48. The highest BCUT2D eigenvalue weighted by Crippen LogP contribution is 2.04. The van der Waals surface area contributed by atoms with Crippen LogP contribution in [0.5, 0.6) is 0 Å². The smallest absolute Gasteiger partial charge is 0.367 e. The second-order valence-corrected chi connectivity index (χ2v) is 3.00. The third-order valence-corrected chi connectivity index (χ3v) is 2.26. The summed E-state index contributed by atoms with van der Waals surface area (Å²) in [6, 6.07) is 0. The molecule has 0 radical (unpaired) electrons. The molecule has 1 rings (SSSR count). The summed E-state index contributed by atoms with van der Waals surface area (Å²) in [6.07, 6.45) is 1.88. The summed E-state index contributed by atoms with van der Waals surface area (Å²) in [7, 11) is 0. The first kappa shape index (κ1) is 5.15. The molecule has 0 spiro atoms. The molecule has 1 heterocycles. The van der Waals surface area contributed by atoms with Gasteiger partial charge in [0.05, 0.1) is 0 Å². The van der Waals surface area contributed by atoms with Gasteiger partial charge in [0.1, 0.15) is 0 Å². The summed E-state index contributed by atoms with van der Waals surface area (Å²) >= 11 is 0.921. The van der Waals surface area contributed by atoms with E-state index >= 15 is 0 Å². The van der Waals surface area contributed by atoms with Crippen molar-refractivity contribution < 1.29 is 4.79 Å². The van der Waals surface area contributed by atoms with Crippen molar-refractivity contribution in [3.8, 4) is 0 Å². The minimum absolute atomic E-state index is 0.353. The monoisotopic (exact) mass is 113 g/mol. The first-order valence-electron chi connectivity index (χ1n) is 2.54. The molecule has 0 unspecified atom stereocenters. The van der Waals surface area contributed by atoms with Crippen LogP contribution in [-0.4, -0.2) is 32.8 Å². The Morgan fingerprint density at radius 3 is 2.57 bits per heavy atom. The Balaban J connectivity index is 2.48. The standard InChI is InChI=1S/C4H7NO.Al.2H/c6-4-2-1-3-5-4;;;/h1-3H2,(H,5,6);;;/q;+1;;/p-1. The Kier molecular flexibility index (Phi) is 1.36. The molecule has 7 heavy (non-hydrogen) atoms. The molecule has 1 aliphatic heterocycles. The molecule has 1 amide bonds. The van der Waals surface area contributed by atoms with E-state index in [2.05, 4.69) is 0 Å². The van der Waals surface area contributed by atoms with Gasteiger partial charge >= 0.3 is 16.5 Å². The molecule has 0 aromatic carbocycles. The number of nitrogens with zero attached hydrogens (tertiary/aromatic N) is 1. The molecule has 0 saturated carbocycles. The lowest BCUT2D eigenvalue weighted by atomic mass is 10.4. The van der Waals surface area contributed by atoms with Gasteiger partial charge in [-0.1, -0.05) is 0 Å². The second kappa shape index (κ2) is 1.85. The number of carbonyl (C=O) groups is 1. The highest BCUT2D eigenvalue weighted by Gasteiger charge is 2.13. The average Bonchev–Trinajstić information content (AvgIpc) is 1.91. The summed E-state index contributed by atoms with van der Waals surface area (Å²) in [5.74, 6) is 0.353. The maximum atomic E-state index is 10.5. The van der Waals surface area contributed by atoms with Crippen molar-refractivity contribution in [1.29, 1.82) is 0 Å². The Morgan fingerprint density at radius 2 is 2.43 bits per heavy atom. The summed E-state index contributed by atoms with van der Waals surface area (Å²) < 4.78 is 1.90. The first-order chi connectivity index (χ1) is 3.30. The van der Waals surface area contributed by atoms with Gasteiger partial charge in [-0.05, 0) is 13.0 Å². The van der Waals surface area contributed by atoms with Gasteiger partial charge in [-0.15, -0.1) is 0 Å². The Morgan fingerprint density at radius 1 is 1.71 bits per heavy atom. The van der Waals surface area contributed by atoms with Crippen LogP contribution in [0.2, 0.25) is 0 Å². The molecule has 0 atom stereocenters. The van der Waals surface area contributed by atoms with E-state index in [1.54, 1.807) is 0 Å². The predicted molar refractivity (Wildman–Crippen MR) is 29.5 cm³/mol. The van der Waals surface area contributed by atoms with Gasteiger partial charge in [-0.3, -0.25) is 4.79 Å². The summed E-state index contributed by atoms with van der Waals surface area (Å²) in [6.45, 7) is 1.02. The van der Waals surface area contributed by atoms with Crippen molar-refractivity contribution >= 4 is 22.4 Å². The molecule has 0 N–H and O–H groups in total. The molecular weight excluding hydrogens is 105 g/mol. The van der Waals surface area contributed by atoms with Gasteiger partial charge in [-0.25, -0.2) is 0 Å². The zero-order valence-corrected chi connectivity index (χ0v) is 6.48. The number of hydrogen-bond donors (Lipinski definition) is 0. The SMILES string of the molecule is O=C1CCC[N]1[AlH2]. The van der Waals surface area contributed by atoms with Crippen molar-refractivity contribution in [3.63, 3.8) is 0 Å². The average molecular weight is 113 g/mol. The Bertz CT molecular complexity index is 93.7. The molecule has 1 aliphatic rings. The molecular formula is C4H8AlNO. The van der Waals surface area contributed by atoms with Crippen LogP contribution in [0.25, 0.3) is 0 Å². The maximum Gasteiger partial charge on any atom is 0.367 e. The molecule has 3 heteroatoms. The fraction of sp³-hybridized carbons (Fsp3) is 0.750. The van der Waals surface area contributed by atoms with Gasteiger partial charge < -0.3 is 3.88 Å². The van der Waals surface area contributed by atoms with Crippen LogP contribution in [0.3, 0.4) is 0 Å². The molecule has 0 aliphatic carbocycles. The van der Waals surface area contributed by atoms with Gasteiger partial charge in [-0.2, -0.15) is 0 Å². The maximum absolute atomic E-state index is 10.5. The third kappa shape index (κ3) is 0.961. The van der Waals surface area contributed by atoms with Gasteiger partial charge in [0.2, 0.25) is 0 Å². The van der Waals surface area contributed by atoms with Crippen LogP contribution in [0.4, 0.5) is 0 Å². The van der Waals surface area contributed by atoms with Crippen LogP contribution in [-0.2, 0) is 4.79 Å². The zero-order chi connectivity index (χ0) is 5.28. The normalized spacial score (nSPS) is 21.1. The number of amides is 1. The lowest BCUT2D eigenvalue weighted by Crippen LogP contribution is -2.19. The molecule has 38 valence electrons. The van der Waals surface area contributed by atoms with Crippen LogP contribution >= 0.6 is 0 Å². The van der Waals surface area contributed by atoms with E-state index < -0.39 is 0 Å². The van der Waals surface area contributed by atoms with Crippen molar-refractivity contribution in [2.75, 3.05) is 6.54 Å². The van der Waals surface area contributed by atoms with Crippen molar-refractivity contribution in [1.82, 2.24) is 3.88 Å². The lowest BCUT2D eigenvalue weighted by Gasteiger charge is -2.05. The fourth-order valence-corrected chi connectivity index (χ4v) is 1.32. The van der Waals surface area contributed by atoms with E-state index in [1.807, 2.05) is 3.88 Å². The van der Waals surface area contributed by atoms with E-state index in [4.69, 9.17) is 0 Å². The topological polar surface area (TPSA) is 20.3 Å². The van der Waals surface area contributed by atoms with Crippen LogP contribution in [0, 0.1) is 0 Å². The van der Waals surface area contributed by atoms with Crippen molar-refractivity contribution in [2.24, 2.45) is 0 Å². The first-order valence-corrected chi connectivity index (χ1v) is 3.44. The summed E-state index contributed by atoms with van der Waals surface area (Å²) in [5, 5.41) is 0. The van der Waals surface area contributed by atoms with Gasteiger partial charge in [0.25, 0.3) is 0 Å². The van der Waals surface area contributed by atoms with E-state index in [-0.39, 0.29) is 0 Å². The van der Waals surface area contributed by atoms with Gasteiger partial charge in [0, 0.05) is 6.42 Å². The number of carbonyl (C=O) groups excluding carboxylic acids is 1. The van der Waals surface area contributed by atoms with E-state index in [0.29, 0.717) is 5.91 Å². The summed E-state index contributed by atoms with van der Waals surface area (Å²) in [4.78, 5) is 10.5. The molecule has 0 aromatic rings. The quantitative estimate of drug-likeness (QED) is 0.375. The Hall–Kier alpha value is 0.00247. The molecule has 2 nitrogen and oxygen atoms in total. The van der Waals surface area contributed by atoms with E-state index in [0.717, 1.165) is 35.9 Å². The predicted octanol–water partition coefficient (Wildman–Crippen LogP) is -0.843. The number of hydrogen-bond acceptors (Lipinski definition) is 1. The van der Waals surface area contributed by atoms with Crippen LogP contribution < -0.4 is 0 Å². The molecule has 0 aromatic heterocycles. The molecule has 0 bridgehead atoms. The Labute approximate surface area is 51.1 Å². The van der Waals surface area contributed by atoms with Crippen molar-refractivity contribution in [2.45, 2.75) is 12.8 Å². The highest BCUT2D eigenvalue weighted by atomic mass is 27.1. The minimum atomic E-state index is 0.353. The third-order valence-electron chi connectivity index (χ3n) is 1.31. The minimum Gasteiger partial charge on any atom is -0.440 e. The number of rotatable bonds is 0. The highest BCUT2D eigenvalue weighted by molar-refractivity contribution is 6.14. The van der Waals surface area contributed by atoms with Crippen LogP contribution in [0.1, 0.15) is 12.8 Å². The second-order valence-electron chi connectivity index (χ2n) is 1.92. The molecule has 1 fully saturated rings. The van der Waals surface area contributed by atoms with Crippen molar-refractivity contribution in [3.05, 3.63) is 0 Å². The lowest BCUT2D eigenvalue weighted by molar-refractivity contribution is -0.123. The largest absolute Gasteiger partial charge is 0.440 e. The van der Waals surface area contributed by atoms with E-state index in [1.165, 1.54) is 0 Å². The summed E-state index contributed by atoms with van der Waals surface area (Å²) in [5.41, 5.74) is 0.